The molecule has 0 bridgehead atoms. The summed E-state index contributed by atoms with van der Waals surface area (Å²) in [7, 11) is 0. The Morgan fingerprint density at radius 2 is 1.64 bits per heavy atom. The molecule has 0 unspecified atom stereocenters. The minimum Gasteiger partial charge on any atom is -0.375 e. The van der Waals surface area contributed by atoms with Gasteiger partial charge in [0.05, 0.1) is 34.0 Å². The first-order valence-corrected chi connectivity index (χ1v) is 15.7. The zero-order valence-corrected chi connectivity index (χ0v) is 26.3. The van der Waals surface area contributed by atoms with E-state index in [-0.39, 0.29) is 11.0 Å². The van der Waals surface area contributed by atoms with Gasteiger partial charge in [0, 0.05) is 58.0 Å². The monoisotopic (exact) mass is 595 g/mol. The first-order valence-electron chi connectivity index (χ1n) is 15.7. The fraction of sp³-hybridized carbons (Fsp3) is 0.297. The molecule has 3 atom stereocenters. The number of anilines is 4. The molecule has 0 spiro atoms. The van der Waals surface area contributed by atoms with E-state index in [4.69, 9.17) is 19.7 Å². The van der Waals surface area contributed by atoms with Crippen LogP contribution in [0.25, 0.3) is 33.5 Å². The molecule has 226 valence electrons. The number of nitrogens with one attached hydrogen (secondary N) is 3. The first-order chi connectivity index (χ1) is 21.7. The maximum absolute atomic E-state index is 6.19. The van der Waals surface area contributed by atoms with Gasteiger partial charge in [0.1, 0.15) is 5.69 Å². The number of benzene rings is 2. The predicted molar refractivity (Wildman–Crippen MR) is 180 cm³/mol. The average molecular weight is 596 g/mol. The standard InChI is InChI=1S/C37H37N7O/c1-21-16-26(12-14-38-21)41-25-7-10-30-33(19-25)44-35(43-30)31-11-8-27(20-39-31)42-32-17-22(2)40-29-9-6-24(18-28(29)32)37-13-15-45-36(4,5)34(37)23(37)3/h6-12,14,16-20,23,34H,13,15H2,1-5H3,(H,38,41)(H,40,42)(H,43,44)/t23-,34-,37-/m1/s1. The van der Waals surface area contributed by atoms with Crippen LogP contribution in [0.1, 0.15) is 44.1 Å². The van der Waals surface area contributed by atoms with Crippen molar-refractivity contribution in [3.63, 3.8) is 0 Å². The van der Waals surface area contributed by atoms with Gasteiger partial charge in [-0.25, -0.2) is 4.98 Å². The molecular formula is C37H37N7O. The Morgan fingerprint density at radius 1 is 0.822 bits per heavy atom. The minimum atomic E-state index is -0.106. The van der Waals surface area contributed by atoms with Gasteiger partial charge in [-0.1, -0.05) is 13.0 Å². The number of aromatic nitrogens is 5. The van der Waals surface area contributed by atoms with Crippen molar-refractivity contribution in [2.75, 3.05) is 17.2 Å². The van der Waals surface area contributed by atoms with Gasteiger partial charge >= 0.3 is 0 Å². The highest BCUT2D eigenvalue weighted by Crippen LogP contribution is 2.68. The fourth-order valence-electron chi connectivity index (χ4n) is 7.91. The molecule has 0 amide bonds. The maximum Gasteiger partial charge on any atom is 0.157 e. The van der Waals surface area contributed by atoms with E-state index in [2.05, 4.69) is 77.8 Å². The quantitative estimate of drug-likeness (QED) is 0.178. The number of aromatic amines is 1. The summed E-state index contributed by atoms with van der Waals surface area (Å²) in [6, 6.07) is 23.1. The van der Waals surface area contributed by atoms with Crippen LogP contribution in [0, 0.1) is 25.7 Å². The summed E-state index contributed by atoms with van der Waals surface area (Å²) in [6.45, 7) is 11.7. The van der Waals surface area contributed by atoms with Crippen molar-refractivity contribution in [2.45, 2.75) is 52.1 Å². The lowest BCUT2D eigenvalue weighted by Crippen LogP contribution is -2.37. The van der Waals surface area contributed by atoms with Crippen molar-refractivity contribution in [1.82, 2.24) is 24.9 Å². The third-order valence-corrected chi connectivity index (χ3v) is 9.92. The van der Waals surface area contributed by atoms with Crippen LogP contribution >= 0.6 is 0 Å². The lowest BCUT2D eigenvalue weighted by atomic mass is 9.82. The zero-order valence-electron chi connectivity index (χ0n) is 26.3. The Kier molecular flexibility index (Phi) is 6.22. The van der Waals surface area contributed by atoms with Gasteiger partial charge in [-0.15, -0.1) is 0 Å². The van der Waals surface area contributed by atoms with E-state index >= 15 is 0 Å². The van der Waals surface area contributed by atoms with Crippen LogP contribution in [0.3, 0.4) is 0 Å². The van der Waals surface area contributed by atoms with E-state index in [1.807, 2.05) is 50.4 Å². The molecule has 4 aromatic heterocycles. The Balaban J connectivity index is 1.06. The fourth-order valence-corrected chi connectivity index (χ4v) is 7.91. The number of ether oxygens (including phenoxy) is 1. The first kappa shape index (κ1) is 27.7. The molecule has 1 saturated heterocycles. The lowest BCUT2D eigenvalue weighted by molar-refractivity contribution is -0.0675. The van der Waals surface area contributed by atoms with Gasteiger partial charge in [-0.2, -0.15) is 0 Å². The highest BCUT2D eigenvalue weighted by Gasteiger charge is 2.69. The number of aryl methyl sites for hydroxylation is 2. The van der Waals surface area contributed by atoms with E-state index in [9.17, 15) is 0 Å². The van der Waals surface area contributed by atoms with Crippen LogP contribution in [0.5, 0.6) is 0 Å². The summed E-state index contributed by atoms with van der Waals surface area (Å²) < 4.78 is 6.19. The highest BCUT2D eigenvalue weighted by atomic mass is 16.5. The number of nitrogens with zero attached hydrogens (tertiary/aromatic N) is 4. The van der Waals surface area contributed by atoms with Crippen molar-refractivity contribution in [3.05, 3.63) is 96.1 Å². The van der Waals surface area contributed by atoms with Crippen LogP contribution in [0.2, 0.25) is 0 Å². The van der Waals surface area contributed by atoms with E-state index in [0.717, 1.165) is 80.6 Å². The average Bonchev–Trinajstić information content (AvgIpc) is 3.43. The third-order valence-electron chi connectivity index (χ3n) is 9.92. The van der Waals surface area contributed by atoms with Gasteiger partial charge in [0.25, 0.3) is 0 Å². The molecule has 2 aliphatic rings. The lowest BCUT2D eigenvalue weighted by Gasteiger charge is -2.35. The molecule has 1 aliphatic carbocycles. The Labute approximate surface area is 262 Å². The summed E-state index contributed by atoms with van der Waals surface area (Å²) in [5.41, 5.74) is 10.9. The molecule has 5 heterocycles. The van der Waals surface area contributed by atoms with E-state index in [1.165, 1.54) is 5.56 Å². The Bertz CT molecular complexity index is 2080. The summed E-state index contributed by atoms with van der Waals surface area (Å²) >= 11 is 0. The summed E-state index contributed by atoms with van der Waals surface area (Å²) in [4.78, 5) is 22.1. The SMILES string of the molecule is Cc1cc(Nc2ccc3nc(-c4ccc(Nc5cc(C)nc6ccc([C@]78CCOC(C)(C)[C@H]7[C@H]8C)cc56)cn4)[nH]c3c2)ccn1. The molecule has 45 heavy (non-hydrogen) atoms. The van der Waals surface area contributed by atoms with Crippen LogP contribution in [0.4, 0.5) is 22.7 Å². The molecular weight excluding hydrogens is 558 g/mol. The van der Waals surface area contributed by atoms with E-state index < -0.39 is 0 Å². The molecule has 0 radical (unpaired) electrons. The molecule has 3 N–H and O–H groups in total. The molecule has 2 fully saturated rings. The number of fused-ring (bicyclic) bond motifs is 3. The largest absolute Gasteiger partial charge is 0.375 e. The second-order valence-electron chi connectivity index (χ2n) is 13.2. The molecule has 1 aliphatic heterocycles. The highest BCUT2D eigenvalue weighted by molar-refractivity contribution is 5.94. The Morgan fingerprint density at radius 3 is 2.47 bits per heavy atom. The molecule has 8 rings (SSSR count). The van der Waals surface area contributed by atoms with Crippen molar-refractivity contribution in [2.24, 2.45) is 11.8 Å². The molecule has 1 saturated carbocycles. The number of rotatable bonds is 6. The summed E-state index contributed by atoms with van der Waals surface area (Å²) in [5, 5.41) is 8.21. The Hall–Kier alpha value is -4.82. The number of H-pyrrole nitrogens is 1. The second kappa shape index (κ2) is 10.1. The van der Waals surface area contributed by atoms with Gasteiger partial charge < -0.3 is 20.4 Å². The van der Waals surface area contributed by atoms with Gasteiger partial charge in [0.2, 0.25) is 0 Å². The summed E-state index contributed by atoms with van der Waals surface area (Å²) in [5.74, 6) is 1.84. The van der Waals surface area contributed by atoms with Crippen molar-refractivity contribution < 1.29 is 4.74 Å². The number of pyridine rings is 3. The maximum atomic E-state index is 6.19. The van der Waals surface area contributed by atoms with Gasteiger partial charge in [-0.05, 0) is 106 Å². The second-order valence-corrected chi connectivity index (χ2v) is 13.2. The smallest absolute Gasteiger partial charge is 0.157 e. The van der Waals surface area contributed by atoms with E-state index in [1.54, 1.807) is 6.20 Å². The van der Waals surface area contributed by atoms with Crippen LogP contribution in [-0.2, 0) is 10.2 Å². The zero-order chi connectivity index (χ0) is 30.9. The number of hydrogen-bond donors (Lipinski definition) is 3. The third kappa shape index (κ3) is 4.71. The van der Waals surface area contributed by atoms with E-state index in [0.29, 0.717) is 11.8 Å². The van der Waals surface area contributed by atoms with Crippen molar-refractivity contribution in [1.29, 1.82) is 0 Å². The van der Waals surface area contributed by atoms with Gasteiger partial charge in [0.15, 0.2) is 5.82 Å². The van der Waals surface area contributed by atoms with Crippen molar-refractivity contribution in [3.8, 4) is 11.5 Å². The van der Waals surface area contributed by atoms with Gasteiger partial charge in [-0.3, -0.25) is 15.0 Å². The summed E-state index contributed by atoms with van der Waals surface area (Å²) in [6.07, 6.45) is 4.73. The van der Waals surface area contributed by atoms with Crippen LogP contribution in [-0.4, -0.2) is 37.1 Å². The minimum absolute atomic E-state index is 0.106. The molecule has 6 aromatic rings. The van der Waals surface area contributed by atoms with Crippen LogP contribution < -0.4 is 10.6 Å². The topological polar surface area (TPSA) is 101 Å². The number of imidazole rings is 1. The molecule has 8 heteroatoms. The predicted octanol–water partition coefficient (Wildman–Crippen LogP) is 8.37. The molecule has 2 aromatic carbocycles. The number of hydrogen-bond acceptors (Lipinski definition) is 7. The molecule has 8 nitrogen and oxygen atoms in total. The van der Waals surface area contributed by atoms with Crippen molar-refractivity contribution >= 4 is 44.7 Å². The normalized spacial score (nSPS) is 21.9. The van der Waals surface area contributed by atoms with Crippen LogP contribution in [0.15, 0.2) is 79.1 Å².